The highest BCUT2D eigenvalue weighted by Crippen LogP contribution is 2.01. The molecule has 1 N–H and O–H groups in total. The van der Waals surface area contributed by atoms with E-state index in [2.05, 4.69) is 11.7 Å². The van der Waals surface area contributed by atoms with Crippen molar-refractivity contribution in [2.24, 2.45) is 0 Å². The summed E-state index contributed by atoms with van der Waals surface area (Å²) in [5, 5.41) is 12.8. The SMILES string of the molecule is C=C(Cn1ccn2nc(C)cc2c1=O)C(=O)O. The van der Waals surface area contributed by atoms with E-state index in [1.165, 1.54) is 15.3 Å². The van der Waals surface area contributed by atoms with Crippen molar-refractivity contribution < 1.29 is 9.90 Å². The van der Waals surface area contributed by atoms with Gasteiger partial charge in [-0.1, -0.05) is 6.58 Å². The molecule has 0 saturated heterocycles. The van der Waals surface area contributed by atoms with Gasteiger partial charge in [0.1, 0.15) is 5.52 Å². The zero-order valence-corrected chi connectivity index (χ0v) is 9.25. The Kier molecular flexibility index (Phi) is 2.55. The zero-order chi connectivity index (χ0) is 12.6. The smallest absolute Gasteiger partial charge is 0.332 e. The van der Waals surface area contributed by atoms with Gasteiger partial charge in [0.25, 0.3) is 5.56 Å². The van der Waals surface area contributed by atoms with Crippen molar-refractivity contribution in [1.82, 2.24) is 14.2 Å². The van der Waals surface area contributed by atoms with Crippen LogP contribution < -0.4 is 5.56 Å². The maximum Gasteiger partial charge on any atom is 0.332 e. The molecule has 6 heteroatoms. The normalized spacial score (nSPS) is 10.6. The first-order valence-electron chi connectivity index (χ1n) is 4.95. The minimum Gasteiger partial charge on any atom is -0.478 e. The number of aromatic nitrogens is 3. The van der Waals surface area contributed by atoms with E-state index < -0.39 is 5.97 Å². The van der Waals surface area contributed by atoms with E-state index in [-0.39, 0.29) is 17.7 Å². The number of nitrogens with zero attached hydrogens (tertiary/aromatic N) is 3. The second kappa shape index (κ2) is 3.89. The Bertz CT molecular complexity index is 666. The quantitative estimate of drug-likeness (QED) is 0.780. The van der Waals surface area contributed by atoms with Gasteiger partial charge in [0.05, 0.1) is 12.2 Å². The second-order valence-electron chi connectivity index (χ2n) is 3.76. The molecular formula is C11H11N3O3. The number of carboxylic acids is 1. The summed E-state index contributed by atoms with van der Waals surface area (Å²) in [5.74, 6) is -1.11. The maximum atomic E-state index is 12.0. The van der Waals surface area contributed by atoms with E-state index >= 15 is 0 Å². The Morgan fingerprint density at radius 1 is 1.53 bits per heavy atom. The zero-order valence-electron chi connectivity index (χ0n) is 9.25. The average Bonchev–Trinajstić information content (AvgIpc) is 2.63. The average molecular weight is 233 g/mol. The van der Waals surface area contributed by atoms with Crippen LogP contribution in [0.1, 0.15) is 5.69 Å². The second-order valence-corrected chi connectivity index (χ2v) is 3.76. The van der Waals surface area contributed by atoms with Crippen molar-refractivity contribution in [2.75, 3.05) is 0 Å². The fourth-order valence-corrected chi connectivity index (χ4v) is 1.55. The van der Waals surface area contributed by atoms with Crippen LogP contribution in [0.25, 0.3) is 5.52 Å². The lowest BCUT2D eigenvalue weighted by molar-refractivity contribution is -0.132. The van der Waals surface area contributed by atoms with E-state index in [0.29, 0.717) is 5.52 Å². The minimum atomic E-state index is -1.11. The van der Waals surface area contributed by atoms with E-state index in [1.807, 2.05) is 0 Å². The van der Waals surface area contributed by atoms with Gasteiger partial charge in [-0.3, -0.25) is 4.79 Å². The fraction of sp³-hybridized carbons (Fsp3) is 0.182. The molecule has 0 aliphatic heterocycles. The molecule has 88 valence electrons. The molecule has 2 aromatic heterocycles. The molecule has 0 aliphatic carbocycles. The molecule has 17 heavy (non-hydrogen) atoms. The molecule has 0 radical (unpaired) electrons. The van der Waals surface area contributed by atoms with E-state index in [4.69, 9.17) is 5.11 Å². The molecule has 0 aromatic carbocycles. The van der Waals surface area contributed by atoms with Gasteiger partial charge in [0.15, 0.2) is 0 Å². The van der Waals surface area contributed by atoms with Crippen molar-refractivity contribution >= 4 is 11.5 Å². The van der Waals surface area contributed by atoms with Crippen LogP contribution in [0, 0.1) is 6.92 Å². The van der Waals surface area contributed by atoms with Gasteiger partial charge in [-0.05, 0) is 13.0 Å². The van der Waals surface area contributed by atoms with Gasteiger partial charge in [0, 0.05) is 18.0 Å². The van der Waals surface area contributed by atoms with Crippen LogP contribution in [0.3, 0.4) is 0 Å². The molecule has 0 aliphatic rings. The monoisotopic (exact) mass is 233 g/mol. The summed E-state index contributed by atoms with van der Waals surface area (Å²) in [6, 6.07) is 1.66. The number of carboxylic acid groups (broad SMARTS) is 1. The summed E-state index contributed by atoms with van der Waals surface area (Å²) < 4.78 is 2.77. The Morgan fingerprint density at radius 3 is 2.88 bits per heavy atom. The summed E-state index contributed by atoms with van der Waals surface area (Å²) in [5.41, 5.74) is 0.836. The number of hydrogen-bond donors (Lipinski definition) is 1. The third-order valence-corrected chi connectivity index (χ3v) is 2.39. The van der Waals surface area contributed by atoms with Crippen molar-refractivity contribution in [3.05, 3.63) is 46.7 Å². The Hall–Kier alpha value is -2.37. The molecule has 0 bridgehead atoms. The van der Waals surface area contributed by atoms with Gasteiger partial charge < -0.3 is 9.67 Å². The number of carbonyl (C=O) groups is 1. The molecule has 2 rings (SSSR count). The number of rotatable bonds is 3. The van der Waals surface area contributed by atoms with Gasteiger partial charge in [0.2, 0.25) is 0 Å². The predicted molar refractivity (Wildman–Crippen MR) is 61.0 cm³/mol. The van der Waals surface area contributed by atoms with Crippen molar-refractivity contribution in [2.45, 2.75) is 13.5 Å². The highest BCUT2D eigenvalue weighted by atomic mass is 16.4. The summed E-state index contributed by atoms with van der Waals surface area (Å²) in [6.07, 6.45) is 3.11. The highest BCUT2D eigenvalue weighted by molar-refractivity contribution is 5.85. The number of aliphatic carboxylic acids is 1. The lowest BCUT2D eigenvalue weighted by atomic mass is 10.3. The Balaban J connectivity index is 2.49. The minimum absolute atomic E-state index is 0.0328. The third kappa shape index (κ3) is 1.96. The summed E-state index contributed by atoms with van der Waals surface area (Å²) in [4.78, 5) is 22.6. The molecule has 0 spiro atoms. The van der Waals surface area contributed by atoms with Crippen LogP contribution in [0.15, 0.2) is 35.4 Å². The maximum absolute atomic E-state index is 12.0. The first kappa shape index (κ1) is 11.1. The number of hydrogen-bond acceptors (Lipinski definition) is 3. The van der Waals surface area contributed by atoms with E-state index in [0.717, 1.165) is 5.69 Å². The topological polar surface area (TPSA) is 76.6 Å². The first-order valence-corrected chi connectivity index (χ1v) is 4.95. The fourth-order valence-electron chi connectivity index (χ4n) is 1.55. The van der Waals surface area contributed by atoms with Crippen LogP contribution in [-0.4, -0.2) is 25.3 Å². The summed E-state index contributed by atoms with van der Waals surface area (Å²) in [6.45, 7) is 5.15. The first-order chi connectivity index (χ1) is 7.99. The van der Waals surface area contributed by atoms with Crippen LogP contribution >= 0.6 is 0 Å². The molecule has 0 saturated carbocycles. The van der Waals surface area contributed by atoms with E-state index in [9.17, 15) is 9.59 Å². The lowest BCUT2D eigenvalue weighted by Crippen LogP contribution is -2.23. The third-order valence-electron chi connectivity index (χ3n) is 2.39. The van der Waals surface area contributed by atoms with Gasteiger partial charge in [-0.25, -0.2) is 9.31 Å². The largest absolute Gasteiger partial charge is 0.478 e. The molecule has 0 atom stereocenters. The molecule has 0 unspecified atom stereocenters. The van der Waals surface area contributed by atoms with Gasteiger partial charge >= 0.3 is 5.97 Å². The summed E-state index contributed by atoms with van der Waals surface area (Å²) in [7, 11) is 0. The molecule has 0 fully saturated rings. The van der Waals surface area contributed by atoms with E-state index in [1.54, 1.807) is 19.2 Å². The molecular weight excluding hydrogens is 222 g/mol. The molecule has 0 amide bonds. The van der Waals surface area contributed by atoms with Gasteiger partial charge in [-0.15, -0.1) is 0 Å². The lowest BCUT2D eigenvalue weighted by Gasteiger charge is -2.05. The van der Waals surface area contributed by atoms with Crippen LogP contribution in [0.2, 0.25) is 0 Å². The predicted octanol–water partition coefficient (Wildman–Crippen LogP) is 0.445. The number of aryl methyl sites for hydroxylation is 1. The Labute approximate surface area is 96.4 Å². The van der Waals surface area contributed by atoms with Crippen molar-refractivity contribution in [3.63, 3.8) is 0 Å². The van der Waals surface area contributed by atoms with Gasteiger partial charge in [-0.2, -0.15) is 5.10 Å². The molecule has 6 nitrogen and oxygen atoms in total. The summed E-state index contributed by atoms with van der Waals surface area (Å²) >= 11 is 0. The van der Waals surface area contributed by atoms with Crippen molar-refractivity contribution in [1.29, 1.82) is 0 Å². The van der Waals surface area contributed by atoms with Crippen LogP contribution in [0.4, 0.5) is 0 Å². The standard InChI is InChI=1S/C11H11N3O3/c1-7(11(16)17)6-13-3-4-14-9(10(13)15)5-8(2)12-14/h3-5H,1,6H2,2H3,(H,16,17). The highest BCUT2D eigenvalue weighted by Gasteiger charge is 2.09. The van der Waals surface area contributed by atoms with Crippen LogP contribution in [0.5, 0.6) is 0 Å². The Morgan fingerprint density at radius 2 is 2.24 bits per heavy atom. The van der Waals surface area contributed by atoms with Crippen LogP contribution in [-0.2, 0) is 11.3 Å². The van der Waals surface area contributed by atoms with Crippen molar-refractivity contribution in [3.8, 4) is 0 Å². The molecule has 2 heterocycles. The molecule has 2 aromatic rings. The number of fused-ring (bicyclic) bond motifs is 1.